The predicted molar refractivity (Wildman–Crippen MR) is 92.8 cm³/mol. The number of nitrogens with two attached hydrogens (primary N) is 1. The molecule has 1 aliphatic heterocycles. The van der Waals surface area contributed by atoms with E-state index in [1.54, 1.807) is 17.0 Å². The summed E-state index contributed by atoms with van der Waals surface area (Å²) in [5, 5.41) is 0. The van der Waals surface area contributed by atoms with Crippen molar-refractivity contribution in [3.63, 3.8) is 0 Å². The molecule has 9 heteroatoms. The van der Waals surface area contributed by atoms with Crippen molar-refractivity contribution in [3.8, 4) is 0 Å². The molecule has 1 saturated heterocycles. The van der Waals surface area contributed by atoms with Gasteiger partial charge in [0.2, 0.25) is 0 Å². The van der Waals surface area contributed by atoms with Gasteiger partial charge in [-0.25, -0.2) is 4.39 Å². The molecule has 130 valence electrons. The first kappa shape index (κ1) is 19.8. The van der Waals surface area contributed by atoms with Crippen LogP contribution >= 0.6 is 24.0 Å². The van der Waals surface area contributed by atoms with Gasteiger partial charge in [0, 0.05) is 31.9 Å². The normalized spacial score (nSPS) is 16.3. The molecule has 0 aromatic heterocycles. The summed E-state index contributed by atoms with van der Waals surface area (Å²) in [4.78, 5) is 7.60. The molecule has 0 spiro atoms. The fraction of sp³-hybridized carbons (Fsp3) is 0.500. The van der Waals surface area contributed by atoms with Crippen LogP contribution in [-0.2, 0) is 0 Å². The first-order valence-corrected chi connectivity index (χ1v) is 6.97. The first-order chi connectivity index (χ1) is 10.3. The summed E-state index contributed by atoms with van der Waals surface area (Å²) in [5.41, 5.74) is 6.63. The van der Waals surface area contributed by atoms with Crippen LogP contribution in [0.5, 0.6) is 0 Å². The molecule has 4 nitrogen and oxygen atoms in total. The maximum absolute atomic E-state index is 12.9. The number of benzene rings is 1. The van der Waals surface area contributed by atoms with Gasteiger partial charge in [-0.3, -0.25) is 4.99 Å². The number of anilines is 1. The van der Waals surface area contributed by atoms with E-state index < -0.39 is 12.6 Å². The van der Waals surface area contributed by atoms with Crippen LogP contribution < -0.4 is 10.6 Å². The van der Waals surface area contributed by atoms with Crippen molar-refractivity contribution >= 4 is 35.6 Å². The van der Waals surface area contributed by atoms with Crippen molar-refractivity contribution in [2.75, 3.05) is 37.6 Å². The van der Waals surface area contributed by atoms with Crippen LogP contribution in [-0.4, -0.2) is 49.8 Å². The van der Waals surface area contributed by atoms with E-state index in [2.05, 4.69) is 9.89 Å². The van der Waals surface area contributed by atoms with Gasteiger partial charge in [-0.05, 0) is 24.3 Å². The molecule has 23 heavy (non-hydrogen) atoms. The van der Waals surface area contributed by atoms with Crippen LogP contribution in [0.15, 0.2) is 29.3 Å². The third-order valence-electron chi connectivity index (χ3n) is 3.46. The average molecular weight is 446 g/mol. The Kier molecular flexibility index (Phi) is 7.36. The molecule has 1 aromatic carbocycles. The van der Waals surface area contributed by atoms with Crippen molar-refractivity contribution in [1.29, 1.82) is 0 Å². The molecule has 0 aliphatic carbocycles. The Labute approximate surface area is 149 Å². The van der Waals surface area contributed by atoms with Crippen LogP contribution in [0.3, 0.4) is 0 Å². The second kappa shape index (κ2) is 8.55. The first-order valence-electron chi connectivity index (χ1n) is 6.97. The van der Waals surface area contributed by atoms with E-state index in [1.165, 1.54) is 12.1 Å². The number of halogens is 5. The Bertz CT molecular complexity index is 511. The number of aliphatic imine (C=N–C) groups is 1. The lowest BCUT2D eigenvalue weighted by Crippen LogP contribution is -2.51. The van der Waals surface area contributed by atoms with Crippen LogP contribution in [0.25, 0.3) is 0 Å². The molecular formula is C14H19F4IN4. The monoisotopic (exact) mass is 446 g/mol. The summed E-state index contributed by atoms with van der Waals surface area (Å²) in [6, 6.07) is 6.20. The fourth-order valence-corrected chi connectivity index (χ4v) is 2.24. The van der Waals surface area contributed by atoms with E-state index in [0.29, 0.717) is 26.2 Å². The van der Waals surface area contributed by atoms with E-state index in [1.807, 2.05) is 0 Å². The largest absolute Gasteiger partial charge is 0.390 e. The molecule has 0 unspecified atom stereocenters. The number of piperazine rings is 1. The lowest BCUT2D eigenvalue weighted by atomic mass is 10.2. The Morgan fingerprint density at radius 1 is 1.09 bits per heavy atom. The van der Waals surface area contributed by atoms with Crippen LogP contribution in [0.1, 0.15) is 6.42 Å². The summed E-state index contributed by atoms with van der Waals surface area (Å²) < 4.78 is 49.1. The lowest BCUT2D eigenvalue weighted by molar-refractivity contribution is -0.132. The van der Waals surface area contributed by atoms with Crippen molar-refractivity contribution in [2.45, 2.75) is 12.6 Å². The zero-order chi connectivity index (χ0) is 16.2. The molecule has 0 saturated carbocycles. The van der Waals surface area contributed by atoms with Crippen molar-refractivity contribution in [1.82, 2.24) is 4.90 Å². The summed E-state index contributed by atoms with van der Waals surface area (Å²) in [6.45, 7) is 2.09. The molecule has 0 atom stereocenters. The topological polar surface area (TPSA) is 44.9 Å². The number of hydrogen-bond donors (Lipinski definition) is 1. The summed E-state index contributed by atoms with van der Waals surface area (Å²) in [7, 11) is 0. The van der Waals surface area contributed by atoms with Gasteiger partial charge in [-0.15, -0.1) is 24.0 Å². The molecule has 0 bridgehead atoms. The fourth-order valence-electron chi connectivity index (χ4n) is 2.24. The van der Waals surface area contributed by atoms with Gasteiger partial charge in [-0.1, -0.05) is 0 Å². The highest BCUT2D eigenvalue weighted by molar-refractivity contribution is 14.0. The van der Waals surface area contributed by atoms with Crippen molar-refractivity contribution in [2.24, 2.45) is 10.7 Å². The Morgan fingerprint density at radius 3 is 2.17 bits per heavy atom. The SMILES string of the molecule is I.NC(=NCCC(F)(F)F)N1CCN(c2ccc(F)cc2)CC1. The van der Waals surface area contributed by atoms with Gasteiger partial charge in [-0.2, -0.15) is 13.2 Å². The van der Waals surface area contributed by atoms with Gasteiger partial charge >= 0.3 is 6.18 Å². The number of hydrogen-bond acceptors (Lipinski definition) is 2. The Balaban J connectivity index is 0.00000264. The minimum Gasteiger partial charge on any atom is -0.370 e. The zero-order valence-corrected chi connectivity index (χ0v) is 14.7. The Morgan fingerprint density at radius 2 is 1.65 bits per heavy atom. The third kappa shape index (κ3) is 6.40. The lowest BCUT2D eigenvalue weighted by Gasteiger charge is -2.36. The summed E-state index contributed by atoms with van der Waals surface area (Å²) in [5.74, 6) is -0.147. The number of nitrogens with zero attached hydrogens (tertiary/aromatic N) is 3. The second-order valence-electron chi connectivity index (χ2n) is 5.06. The predicted octanol–water partition coefficient (Wildman–Crippen LogP) is 2.83. The van der Waals surface area contributed by atoms with Crippen molar-refractivity contribution < 1.29 is 17.6 Å². The van der Waals surface area contributed by atoms with E-state index in [4.69, 9.17) is 5.73 Å². The minimum absolute atomic E-state index is 0. The maximum atomic E-state index is 12.9. The van der Waals surface area contributed by atoms with Gasteiger partial charge in [0.05, 0.1) is 13.0 Å². The van der Waals surface area contributed by atoms with Gasteiger partial charge in [0.15, 0.2) is 5.96 Å². The average Bonchev–Trinajstić information content (AvgIpc) is 2.47. The summed E-state index contributed by atoms with van der Waals surface area (Å²) >= 11 is 0. The molecule has 2 N–H and O–H groups in total. The van der Waals surface area contributed by atoms with Crippen LogP contribution in [0.4, 0.5) is 23.2 Å². The molecular weight excluding hydrogens is 427 g/mol. The van der Waals surface area contributed by atoms with E-state index in [0.717, 1.165) is 5.69 Å². The Hall–Kier alpha value is -1.26. The summed E-state index contributed by atoms with van der Waals surface area (Å²) in [6.07, 6.45) is -5.19. The highest BCUT2D eigenvalue weighted by atomic mass is 127. The highest BCUT2D eigenvalue weighted by Crippen LogP contribution is 2.19. The second-order valence-corrected chi connectivity index (χ2v) is 5.06. The molecule has 1 aromatic rings. The standard InChI is InChI=1S/C14H18F4N4.HI/c15-11-1-3-12(4-2-11)21-7-9-22(10-8-21)13(19)20-6-5-14(16,17)18;/h1-4H,5-10H2,(H2,19,20);1H. The molecule has 1 aliphatic rings. The van der Waals surface area contributed by atoms with Gasteiger partial charge in [0.1, 0.15) is 5.82 Å². The quantitative estimate of drug-likeness (QED) is 0.336. The molecule has 0 amide bonds. The smallest absolute Gasteiger partial charge is 0.370 e. The number of rotatable bonds is 3. The van der Waals surface area contributed by atoms with Gasteiger partial charge < -0.3 is 15.5 Å². The molecule has 2 rings (SSSR count). The van der Waals surface area contributed by atoms with Crippen molar-refractivity contribution in [3.05, 3.63) is 30.1 Å². The molecule has 1 fully saturated rings. The van der Waals surface area contributed by atoms with E-state index in [-0.39, 0.29) is 42.3 Å². The number of guanidine groups is 1. The maximum Gasteiger partial charge on any atom is 0.390 e. The number of alkyl halides is 3. The van der Waals surface area contributed by atoms with Crippen LogP contribution in [0, 0.1) is 5.82 Å². The van der Waals surface area contributed by atoms with Gasteiger partial charge in [0.25, 0.3) is 0 Å². The molecule has 1 heterocycles. The van der Waals surface area contributed by atoms with E-state index in [9.17, 15) is 17.6 Å². The van der Waals surface area contributed by atoms with E-state index >= 15 is 0 Å². The third-order valence-corrected chi connectivity index (χ3v) is 3.46. The highest BCUT2D eigenvalue weighted by Gasteiger charge is 2.26. The zero-order valence-electron chi connectivity index (χ0n) is 12.4. The minimum atomic E-state index is -4.22. The molecule has 0 radical (unpaired) electrons. The van der Waals surface area contributed by atoms with Crippen LogP contribution in [0.2, 0.25) is 0 Å².